The quantitative estimate of drug-likeness (QED) is 0.0433. The fourth-order valence-electron chi connectivity index (χ4n) is 13.5. The van der Waals surface area contributed by atoms with Crippen LogP contribution < -0.4 is 0 Å². The van der Waals surface area contributed by atoms with E-state index in [4.69, 9.17) is 25.2 Å². The van der Waals surface area contributed by atoms with Crippen molar-refractivity contribution >= 4 is 50.1 Å². The molecule has 0 fully saturated rings. The van der Waals surface area contributed by atoms with Crippen molar-refractivity contribution in [2.75, 3.05) is 0 Å². The van der Waals surface area contributed by atoms with Gasteiger partial charge in [-0.2, -0.15) is 0 Å². The minimum absolute atomic E-state index is 0. The molecule has 0 aliphatic heterocycles. The zero-order valence-corrected chi connectivity index (χ0v) is 78.2. The van der Waals surface area contributed by atoms with Crippen molar-refractivity contribution in [3.05, 3.63) is 304 Å². The summed E-state index contributed by atoms with van der Waals surface area (Å²) in [5, 5.41) is 29.8. The van der Waals surface area contributed by atoms with Gasteiger partial charge < -0.3 is 15.3 Å². The molecule has 0 spiro atoms. The van der Waals surface area contributed by atoms with Crippen LogP contribution in [0.15, 0.2) is 236 Å². The van der Waals surface area contributed by atoms with Crippen LogP contribution in [0.25, 0.3) is 99.9 Å². The number of hydrogen-bond acceptors (Lipinski definition) is 9. The Hall–Kier alpha value is -9.21. The normalized spacial score (nSPS) is 11.3. The summed E-state index contributed by atoms with van der Waals surface area (Å²) in [5.74, 6) is 2.02. The molecule has 0 aliphatic rings. The van der Waals surface area contributed by atoms with Crippen molar-refractivity contribution in [2.24, 2.45) is 29.1 Å². The zero-order valence-electron chi connectivity index (χ0n) is 71.0. The third-order valence-electron chi connectivity index (χ3n) is 17.6. The second kappa shape index (κ2) is 47.1. The van der Waals surface area contributed by atoms with Crippen LogP contribution in [0.4, 0.5) is 0 Å². The Morgan fingerprint density at radius 3 is 0.913 bits per heavy atom. The summed E-state index contributed by atoms with van der Waals surface area (Å²) < 4.78 is 0. The molecule has 12 rings (SSSR count). The van der Waals surface area contributed by atoms with Gasteiger partial charge >= 0.3 is 0 Å². The molecule has 0 saturated heterocycles. The van der Waals surface area contributed by atoms with E-state index in [9.17, 15) is 19.5 Å². The van der Waals surface area contributed by atoms with Gasteiger partial charge in [-0.1, -0.05) is 245 Å². The van der Waals surface area contributed by atoms with Crippen molar-refractivity contribution < 1.29 is 90.0 Å². The number of fused-ring (bicyclic) bond motifs is 3. The molecule has 9 aromatic carbocycles. The summed E-state index contributed by atoms with van der Waals surface area (Å²) in [6, 6.07) is 81.9. The third-order valence-corrected chi connectivity index (χ3v) is 17.6. The smallest absolute Gasteiger partial charge is 0.159 e. The number of aryl methyl sites for hydroxylation is 6. The van der Waals surface area contributed by atoms with Gasteiger partial charge in [-0.15, -0.1) is 105 Å². The molecule has 609 valence electrons. The Bertz CT molecular complexity index is 5010. The first-order chi connectivity index (χ1) is 52.9. The van der Waals surface area contributed by atoms with Crippen LogP contribution >= 0.6 is 0 Å². The summed E-state index contributed by atoms with van der Waals surface area (Å²) in [6.45, 7) is 42.4. The molecule has 0 atom stereocenters. The Morgan fingerprint density at radius 2 is 0.661 bits per heavy atom. The number of benzene rings is 9. The number of aliphatic hydroxyl groups excluding tert-OH is 3. The Balaban J connectivity index is 0.000000310. The molecule has 0 amide bonds. The molecule has 115 heavy (non-hydrogen) atoms. The van der Waals surface area contributed by atoms with E-state index in [1.165, 1.54) is 129 Å². The maximum absolute atomic E-state index is 11.2. The van der Waals surface area contributed by atoms with Gasteiger partial charge in [0.05, 0.1) is 33.8 Å². The number of allylic oxidation sites excluding steroid dienone is 6. The van der Waals surface area contributed by atoms with E-state index in [-0.39, 0.29) is 100 Å². The van der Waals surface area contributed by atoms with E-state index in [0.717, 1.165) is 86.3 Å². The van der Waals surface area contributed by atoms with Crippen molar-refractivity contribution in [1.82, 2.24) is 15.0 Å². The van der Waals surface area contributed by atoms with E-state index in [1.807, 2.05) is 27.7 Å². The molecule has 0 saturated carbocycles. The molecule has 0 aliphatic carbocycles. The summed E-state index contributed by atoms with van der Waals surface area (Å²) in [7, 11) is 0. The second-order valence-corrected chi connectivity index (χ2v) is 32.6. The minimum Gasteiger partial charge on any atom is -0.512 e. The topological polar surface area (TPSA) is 151 Å². The Morgan fingerprint density at radius 1 is 0.365 bits per heavy atom. The number of nitrogens with zero attached hydrogens (tertiary/aromatic N) is 3. The summed E-state index contributed by atoms with van der Waals surface area (Å²) in [6.07, 6.45) is 7.87. The average Bonchev–Trinajstić information content (AvgIpc) is 0.789. The fraction of sp³-hybridized carbons (Fsp3) is 0.301. The number of rotatable bonds is 18. The molecule has 3 N–H and O–H groups in total. The van der Waals surface area contributed by atoms with Gasteiger partial charge in [-0.25, -0.2) is 0 Å². The average molecular weight is 2070 g/mol. The number of ketones is 3. The molecule has 0 unspecified atom stereocenters. The van der Waals surface area contributed by atoms with E-state index in [2.05, 4.69) is 308 Å². The molecule has 12 heteroatoms. The van der Waals surface area contributed by atoms with Crippen LogP contribution in [0.3, 0.4) is 0 Å². The van der Waals surface area contributed by atoms with Gasteiger partial charge in [0, 0.05) is 108 Å². The van der Waals surface area contributed by atoms with Crippen molar-refractivity contribution in [2.45, 2.75) is 178 Å². The number of aliphatic hydroxyl groups is 3. The predicted molar refractivity (Wildman–Crippen MR) is 472 cm³/mol. The van der Waals surface area contributed by atoms with Crippen LogP contribution in [-0.4, -0.2) is 47.6 Å². The molecule has 3 aromatic heterocycles. The number of carbonyl (C=O) groups excluding carboxylic acids is 3. The van der Waals surface area contributed by atoms with Gasteiger partial charge in [-0.3, -0.25) is 29.3 Å². The van der Waals surface area contributed by atoms with Crippen molar-refractivity contribution in [3.8, 4) is 67.2 Å². The fourth-order valence-corrected chi connectivity index (χ4v) is 13.5. The predicted octanol–water partition coefficient (Wildman–Crippen LogP) is 27.1. The van der Waals surface area contributed by atoms with Gasteiger partial charge in [0.1, 0.15) is 0 Å². The van der Waals surface area contributed by atoms with Crippen molar-refractivity contribution in [3.63, 3.8) is 0 Å². The number of aromatic nitrogens is 3. The van der Waals surface area contributed by atoms with E-state index in [0.29, 0.717) is 36.5 Å². The third kappa shape index (κ3) is 33.1. The molecule has 0 bridgehead atoms. The van der Waals surface area contributed by atoms with Gasteiger partial charge in [0.15, 0.2) is 17.3 Å². The number of hydrogen-bond donors (Lipinski definition) is 3. The first-order valence-corrected chi connectivity index (χ1v) is 39.1. The Labute approximate surface area is 726 Å². The first-order valence-electron chi connectivity index (χ1n) is 39.1. The van der Waals surface area contributed by atoms with E-state index < -0.39 is 0 Å². The monoisotopic (exact) mass is 2070 g/mol. The Kier molecular flexibility index (Phi) is 40.2. The summed E-state index contributed by atoms with van der Waals surface area (Å²) in [5.41, 5.74) is 28.4. The van der Waals surface area contributed by atoms with Crippen LogP contribution in [0.2, 0.25) is 0 Å². The summed E-state index contributed by atoms with van der Waals surface area (Å²) >= 11 is 0. The largest absolute Gasteiger partial charge is 0.512 e. The van der Waals surface area contributed by atoms with Crippen LogP contribution in [0.1, 0.15) is 167 Å². The molecule has 12 aromatic rings. The van der Waals surface area contributed by atoms with Gasteiger partial charge in [0.25, 0.3) is 0 Å². The van der Waals surface area contributed by atoms with E-state index in [1.54, 1.807) is 0 Å². The molecular formula is C103H116Ir3N3O6-3. The summed E-state index contributed by atoms with van der Waals surface area (Å²) in [4.78, 5) is 46.3. The number of carbonyl (C=O) groups is 3. The van der Waals surface area contributed by atoms with E-state index >= 15 is 0 Å². The first kappa shape index (κ1) is 98.2. The maximum Gasteiger partial charge on any atom is 0.159 e. The SMILES string of the molecule is CC(=O)C=C(C)O.CC(=O)C=C(C)O.CC(C)CC(=O)C=C(O)CC(C)C.Cc1[c-]c(-c2cc(CC(C)(C)C)c3cc(-c4ccccc4)ccc3n2)cc(C)c1.Cc1[c-]c(-c2cc(CC(C)C)c3cc(-c4ccccc4)ccc3n2)cc(C)c1.Cc1[c-]c(-c2cc(CC(C)C)c3cc(-c4ccccc4)ccc3n2)cc(C)c1.[Ir].[Ir].[Ir]. The van der Waals surface area contributed by atoms with Crippen LogP contribution in [0, 0.1) is 88.8 Å². The zero-order chi connectivity index (χ0) is 82.1. The van der Waals surface area contributed by atoms with Crippen LogP contribution in [-0.2, 0) is 94.0 Å². The number of pyridine rings is 3. The molecule has 3 radical (unpaired) electrons. The van der Waals surface area contributed by atoms with Crippen LogP contribution in [0.5, 0.6) is 0 Å². The molecule has 9 nitrogen and oxygen atoms in total. The maximum atomic E-state index is 11.2. The standard InChI is InChI=1S/C28H28N.2C27H26N.C11H20O2.2C5H8O2.3Ir/c1-19-13-20(2)15-23(14-19)27-17-24(18-28(3,4)5)25-16-22(11-12-26(25)29-27)21-9-7-6-8-10-21;2*1-18(2)12-23-17-27(24-14-19(3)13-20(4)15-24)28-26-11-10-22(16-25(23)26)21-8-6-5-7-9-21;1-8(2)5-10(12)7-11(13)6-9(3)4;2*1-4(6)3-5(2)7;;;/h6-14,16-17H,18H2,1-5H3;2*5-11,13-14,16-18H,12H2,1-4H3;7-9,12H,5-6H2,1-4H3;2*3,6H,1-2H3;;;/q3*-1;;;;;;. The van der Waals surface area contributed by atoms with Crippen molar-refractivity contribution in [1.29, 1.82) is 0 Å². The molecule has 3 heterocycles. The molecular weight excluding hydrogens is 1950 g/mol. The minimum atomic E-state index is -0.125. The van der Waals surface area contributed by atoms with Gasteiger partial charge in [-0.05, 0) is 180 Å². The second-order valence-electron chi connectivity index (χ2n) is 32.6. The van der Waals surface area contributed by atoms with Gasteiger partial charge in [0.2, 0.25) is 0 Å².